The molecule has 19 heavy (non-hydrogen) atoms. The Kier molecular flexibility index (Phi) is 6.20. The first-order valence-electron chi connectivity index (χ1n) is 6.35. The molecule has 1 aromatic carbocycles. The Morgan fingerprint density at radius 3 is 2.26 bits per heavy atom. The Morgan fingerprint density at radius 2 is 1.79 bits per heavy atom. The maximum absolute atomic E-state index is 12.2. The molecule has 1 aromatic rings. The van der Waals surface area contributed by atoms with E-state index in [2.05, 4.69) is 13.8 Å². The molecular formula is C14H19F3OS. The van der Waals surface area contributed by atoms with Gasteiger partial charge in [-0.3, -0.25) is 0 Å². The van der Waals surface area contributed by atoms with Crippen molar-refractivity contribution in [3.05, 3.63) is 29.8 Å². The van der Waals surface area contributed by atoms with Gasteiger partial charge in [-0.05, 0) is 41.8 Å². The van der Waals surface area contributed by atoms with E-state index in [0.717, 1.165) is 12.8 Å². The third-order valence-electron chi connectivity index (χ3n) is 2.91. The van der Waals surface area contributed by atoms with Gasteiger partial charge in [0.2, 0.25) is 0 Å². The zero-order valence-corrected chi connectivity index (χ0v) is 11.9. The van der Waals surface area contributed by atoms with E-state index in [0.29, 0.717) is 17.9 Å². The molecule has 0 spiro atoms. The van der Waals surface area contributed by atoms with Crippen molar-refractivity contribution < 1.29 is 18.3 Å². The molecule has 5 heteroatoms. The molecule has 0 radical (unpaired) electrons. The van der Waals surface area contributed by atoms with Gasteiger partial charge >= 0.3 is 5.51 Å². The SMILES string of the molecule is CCCC(C)CC(O)c1ccc(SC(F)(F)F)cc1. The van der Waals surface area contributed by atoms with Crippen molar-refractivity contribution in [1.29, 1.82) is 0 Å². The van der Waals surface area contributed by atoms with Gasteiger partial charge in [0.05, 0.1) is 6.10 Å². The largest absolute Gasteiger partial charge is 0.446 e. The molecule has 0 fully saturated rings. The highest BCUT2D eigenvalue weighted by atomic mass is 32.2. The summed E-state index contributed by atoms with van der Waals surface area (Å²) in [4.78, 5) is 0.144. The zero-order valence-electron chi connectivity index (χ0n) is 11.1. The highest BCUT2D eigenvalue weighted by molar-refractivity contribution is 8.00. The first-order valence-corrected chi connectivity index (χ1v) is 7.17. The van der Waals surface area contributed by atoms with Gasteiger partial charge in [0.25, 0.3) is 0 Å². The van der Waals surface area contributed by atoms with E-state index >= 15 is 0 Å². The minimum Gasteiger partial charge on any atom is -0.388 e. The van der Waals surface area contributed by atoms with Gasteiger partial charge in [0.15, 0.2) is 0 Å². The van der Waals surface area contributed by atoms with Crippen molar-refractivity contribution in [3.63, 3.8) is 0 Å². The van der Waals surface area contributed by atoms with E-state index < -0.39 is 11.6 Å². The van der Waals surface area contributed by atoms with Crippen LogP contribution in [0.3, 0.4) is 0 Å². The van der Waals surface area contributed by atoms with Gasteiger partial charge in [-0.1, -0.05) is 38.8 Å². The van der Waals surface area contributed by atoms with Crippen LogP contribution in [0.4, 0.5) is 13.2 Å². The van der Waals surface area contributed by atoms with Gasteiger partial charge in [-0.25, -0.2) is 0 Å². The molecule has 0 heterocycles. The molecule has 0 bridgehead atoms. The summed E-state index contributed by atoms with van der Waals surface area (Å²) in [6.45, 7) is 4.16. The normalized spacial score (nSPS) is 15.3. The van der Waals surface area contributed by atoms with Crippen molar-refractivity contribution in [2.24, 2.45) is 5.92 Å². The molecule has 0 aliphatic carbocycles. The van der Waals surface area contributed by atoms with Crippen LogP contribution < -0.4 is 0 Å². The minimum absolute atomic E-state index is 0.138. The van der Waals surface area contributed by atoms with Crippen molar-refractivity contribution in [3.8, 4) is 0 Å². The van der Waals surface area contributed by atoms with Crippen LogP contribution in [0.2, 0.25) is 0 Å². The summed E-state index contributed by atoms with van der Waals surface area (Å²) in [7, 11) is 0. The van der Waals surface area contributed by atoms with E-state index in [1.807, 2.05) is 0 Å². The fraction of sp³-hybridized carbons (Fsp3) is 0.571. The molecule has 1 nitrogen and oxygen atoms in total. The maximum Gasteiger partial charge on any atom is 0.446 e. The van der Waals surface area contributed by atoms with Crippen LogP contribution in [0.5, 0.6) is 0 Å². The average molecular weight is 292 g/mol. The Morgan fingerprint density at radius 1 is 1.21 bits per heavy atom. The standard InChI is InChI=1S/C14H19F3OS/c1-3-4-10(2)9-13(18)11-5-7-12(8-6-11)19-14(15,16)17/h5-8,10,13,18H,3-4,9H2,1-2H3. The Hall–Kier alpha value is -0.680. The predicted molar refractivity (Wildman–Crippen MR) is 72.0 cm³/mol. The highest BCUT2D eigenvalue weighted by Gasteiger charge is 2.29. The number of hydrogen-bond donors (Lipinski definition) is 1. The summed E-state index contributed by atoms with van der Waals surface area (Å²) < 4.78 is 36.5. The van der Waals surface area contributed by atoms with Crippen LogP contribution in [-0.4, -0.2) is 10.6 Å². The molecule has 0 aromatic heterocycles. The summed E-state index contributed by atoms with van der Waals surface area (Å²) in [5.74, 6) is 0.407. The predicted octanol–water partition coefficient (Wildman–Crippen LogP) is 5.16. The smallest absolute Gasteiger partial charge is 0.388 e. The second-order valence-electron chi connectivity index (χ2n) is 4.76. The van der Waals surface area contributed by atoms with Crippen molar-refractivity contribution in [2.75, 3.05) is 0 Å². The summed E-state index contributed by atoms with van der Waals surface area (Å²) in [6, 6.07) is 5.94. The van der Waals surface area contributed by atoms with Gasteiger partial charge in [0, 0.05) is 4.90 Å². The number of benzene rings is 1. The third-order valence-corrected chi connectivity index (χ3v) is 3.64. The van der Waals surface area contributed by atoms with Gasteiger partial charge in [-0.15, -0.1) is 0 Å². The molecule has 1 N–H and O–H groups in total. The molecule has 0 aliphatic heterocycles. The van der Waals surface area contributed by atoms with Crippen LogP contribution in [0, 0.1) is 5.92 Å². The first kappa shape index (κ1) is 16.4. The van der Waals surface area contributed by atoms with E-state index in [1.54, 1.807) is 12.1 Å². The third kappa shape index (κ3) is 6.34. The molecule has 1 rings (SSSR count). The topological polar surface area (TPSA) is 20.2 Å². The average Bonchev–Trinajstić information content (AvgIpc) is 2.27. The monoisotopic (exact) mass is 292 g/mol. The Bertz CT molecular complexity index is 375. The first-order chi connectivity index (χ1) is 8.81. The lowest BCUT2D eigenvalue weighted by Gasteiger charge is -2.16. The molecule has 2 unspecified atom stereocenters. The fourth-order valence-corrected chi connectivity index (χ4v) is 2.56. The van der Waals surface area contributed by atoms with Crippen molar-refractivity contribution in [2.45, 2.75) is 49.6 Å². The fourth-order valence-electron chi connectivity index (χ4n) is 2.02. The molecule has 108 valence electrons. The van der Waals surface area contributed by atoms with Crippen LogP contribution in [0.25, 0.3) is 0 Å². The minimum atomic E-state index is -4.27. The summed E-state index contributed by atoms with van der Waals surface area (Å²) >= 11 is -0.138. The highest BCUT2D eigenvalue weighted by Crippen LogP contribution is 2.37. The number of alkyl halides is 3. The second kappa shape index (κ2) is 7.20. The summed E-state index contributed by atoms with van der Waals surface area (Å²) in [5.41, 5.74) is -3.59. The Labute approximate surface area is 116 Å². The van der Waals surface area contributed by atoms with Gasteiger partial charge in [-0.2, -0.15) is 13.2 Å². The number of aliphatic hydroxyl groups excluding tert-OH is 1. The lowest BCUT2D eigenvalue weighted by molar-refractivity contribution is -0.0328. The number of aliphatic hydroxyl groups is 1. The van der Waals surface area contributed by atoms with E-state index in [-0.39, 0.29) is 16.7 Å². The van der Waals surface area contributed by atoms with Crippen LogP contribution in [0.1, 0.15) is 44.8 Å². The van der Waals surface area contributed by atoms with Crippen LogP contribution in [0.15, 0.2) is 29.2 Å². The molecule has 0 saturated heterocycles. The zero-order chi connectivity index (χ0) is 14.5. The number of rotatable bonds is 6. The van der Waals surface area contributed by atoms with E-state index in [1.165, 1.54) is 12.1 Å². The number of hydrogen-bond acceptors (Lipinski definition) is 2. The number of halogens is 3. The lowest BCUT2D eigenvalue weighted by atomic mass is 9.95. The molecule has 0 amide bonds. The van der Waals surface area contributed by atoms with Crippen molar-refractivity contribution >= 4 is 11.8 Å². The second-order valence-corrected chi connectivity index (χ2v) is 5.90. The van der Waals surface area contributed by atoms with Gasteiger partial charge in [0.1, 0.15) is 0 Å². The van der Waals surface area contributed by atoms with Gasteiger partial charge < -0.3 is 5.11 Å². The molecule has 0 aliphatic rings. The lowest BCUT2D eigenvalue weighted by Crippen LogP contribution is -2.04. The quantitative estimate of drug-likeness (QED) is 0.731. The van der Waals surface area contributed by atoms with E-state index in [4.69, 9.17) is 0 Å². The number of thioether (sulfide) groups is 1. The van der Waals surface area contributed by atoms with Crippen LogP contribution in [-0.2, 0) is 0 Å². The summed E-state index contributed by atoms with van der Waals surface area (Å²) in [6.07, 6.45) is 2.14. The molecule has 2 atom stereocenters. The summed E-state index contributed by atoms with van der Waals surface area (Å²) in [5, 5.41) is 10.0. The van der Waals surface area contributed by atoms with Crippen LogP contribution >= 0.6 is 11.8 Å². The van der Waals surface area contributed by atoms with E-state index in [9.17, 15) is 18.3 Å². The molecular weight excluding hydrogens is 273 g/mol. The van der Waals surface area contributed by atoms with Crippen molar-refractivity contribution in [1.82, 2.24) is 0 Å². The molecule has 0 saturated carbocycles. The maximum atomic E-state index is 12.2. The Balaban J connectivity index is 2.60.